The van der Waals surface area contributed by atoms with Crippen molar-refractivity contribution in [1.82, 2.24) is 19.4 Å². The molecule has 2 saturated heterocycles. The van der Waals surface area contributed by atoms with Crippen molar-refractivity contribution < 1.29 is 36.4 Å². The molecule has 3 heterocycles. The lowest BCUT2D eigenvalue weighted by atomic mass is 9.76. The lowest BCUT2D eigenvalue weighted by Crippen LogP contribution is -2.42. The van der Waals surface area contributed by atoms with Crippen LogP contribution in [0.25, 0.3) is 11.0 Å². The Morgan fingerprint density at radius 1 is 0.911 bits per heavy atom. The Morgan fingerprint density at radius 3 is 2.16 bits per heavy atom. The van der Waals surface area contributed by atoms with E-state index in [1.807, 2.05) is 35.2 Å². The molecular formula is C42H50FN5O7S. The molecule has 0 spiro atoms. The van der Waals surface area contributed by atoms with Gasteiger partial charge in [-0.05, 0) is 79.8 Å². The Labute approximate surface area is 327 Å². The normalized spacial score (nSPS) is 17.6. The lowest BCUT2D eigenvalue weighted by Gasteiger charge is -2.36. The van der Waals surface area contributed by atoms with Gasteiger partial charge in [0, 0.05) is 43.2 Å². The van der Waals surface area contributed by atoms with Gasteiger partial charge in [0.05, 0.1) is 45.2 Å². The van der Waals surface area contributed by atoms with E-state index in [4.69, 9.17) is 23.7 Å². The van der Waals surface area contributed by atoms with Gasteiger partial charge in [0.15, 0.2) is 11.5 Å². The maximum atomic E-state index is 13.9. The molecule has 0 saturated carbocycles. The second-order valence-electron chi connectivity index (χ2n) is 14.4. The number of amides is 1. The molecule has 0 aliphatic carbocycles. The van der Waals surface area contributed by atoms with Crippen LogP contribution in [-0.2, 0) is 22.1 Å². The number of carbonyl (C=O) groups excluding carboxylic acids is 1. The average Bonchev–Trinajstić information content (AvgIpc) is 3.79. The number of carbonyl (C=O) groups is 1. The van der Waals surface area contributed by atoms with Crippen molar-refractivity contribution >= 4 is 33.0 Å². The first-order valence-corrected chi connectivity index (χ1v) is 20.5. The Bertz CT molecular complexity index is 2180. The minimum atomic E-state index is -3.67. The highest BCUT2D eigenvalue weighted by atomic mass is 32.2. The topological polar surface area (TPSA) is 135 Å². The second kappa shape index (κ2) is 17.7. The molecule has 0 radical (unpaired) electrons. The van der Waals surface area contributed by atoms with Gasteiger partial charge in [0.25, 0.3) is 16.0 Å². The molecule has 14 heteroatoms. The highest BCUT2D eigenvalue weighted by Gasteiger charge is 2.42. The number of hydrogen-bond acceptors (Lipinski definition) is 9. The molecule has 298 valence electrons. The number of benzene rings is 4. The maximum Gasteiger partial charge on any atom is 0.261 e. The van der Waals surface area contributed by atoms with Crippen molar-refractivity contribution in [2.45, 2.75) is 43.7 Å². The van der Waals surface area contributed by atoms with Crippen molar-refractivity contribution in [3.63, 3.8) is 0 Å². The Balaban J connectivity index is 0.00000100. The van der Waals surface area contributed by atoms with Crippen molar-refractivity contribution in [2.75, 3.05) is 65.6 Å². The van der Waals surface area contributed by atoms with Crippen LogP contribution in [0.3, 0.4) is 0 Å². The number of methoxy groups -OCH3 is 3. The third-order valence-electron chi connectivity index (χ3n) is 10.7. The van der Waals surface area contributed by atoms with Crippen LogP contribution in [0.1, 0.15) is 47.2 Å². The highest BCUT2D eigenvalue weighted by molar-refractivity contribution is 7.85. The summed E-state index contributed by atoms with van der Waals surface area (Å²) in [5.41, 5.74) is 4.69. The zero-order valence-electron chi connectivity index (χ0n) is 32.3. The zero-order valence-corrected chi connectivity index (χ0v) is 33.1. The number of nitrogens with one attached hydrogen (secondary N) is 1. The minimum absolute atomic E-state index is 0.0376. The summed E-state index contributed by atoms with van der Waals surface area (Å²) in [7, 11) is 1.02. The first-order valence-electron chi connectivity index (χ1n) is 18.7. The predicted molar refractivity (Wildman–Crippen MR) is 215 cm³/mol. The number of fused-ring (bicyclic) bond motifs is 1. The number of halogens is 1. The van der Waals surface area contributed by atoms with Gasteiger partial charge < -0.3 is 33.9 Å². The van der Waals surface area contributed by atoms with Gasteiger partial charge in [-0.15, -0.1) is 0 Å². The van der Waals surface area contributed by atoms with Gasteiger partial charge in [-0.3, -0.25) is 9.35 Å². The number of aromatic nitrogens is 2. The SMILES string of the molecule is COc1cc(C(=O)N2CCC(CCN3CCC(Nc4nc5ccccc5n4Cc4ccc(F)cc4)CC3)(c3ccccc3)C2)cc(OC)c1OC.CS(=O)(=O)O. The predicted octanol–water partition coefficient (Wildman–Crippen LogP) is 6.50. The fourth-order valence-electron chi connectivity index (χ4n) is 7.78. The second-order valence-corrected chi connectivity index (χ2v) is 15.9. The standard InChI is InChI=1S/C41H46FN5O4.CH4O3S/c1-49-36-25-30(26-37(50-2)38(36)51-3)39(48)46-24-20-41(28-46,31-9-5-4-6-10-31)19-23-45-21-17-33(18-22-45)43-40-44-34-11-7-8-12-35(34)47(40)27-29-13-15-32(42)16-14-29;1-5(2,3)4/h4-16,25-26,33H,17-24,27-28H2,1-3H3,(H,43,44);1H3,(H,2,3,4). The van der Waals surface area contributed by atoms with Crippen LogP contribution >= 0.6 is 0 Å². The van der Waals surface area contributed by atoms with E-state index in [-0.39, 0.29) is 17.1 Å². The van der Waals surface area contributed by atoms with E-state index in [1.54, 1.807) is 33.5 Å². The minimum Gasteiger partial charge on any atom is -0.493 e. The number of para-hydroxylation sites is 2. The quantitative estimate of drug-likeness (QED) is 0.135. The van der Waals surface area contributed by atoms with Gasteiger partial charge in [0.2, 0.25) is 11.7 Å². The number of piperidine rings is 1. The summed E-state index contributed by atoms with van der Waals surface area (Å²) < 4.78 is 58.2. The van der Waals surface area contributed by atoms with E-state index < -0.39 is 10.1 Å². The lowest BCUT2D eigenvalue weighted by molar-refractivity contribution is 0.0779. The molecule has 1 atom stereocenters. The highest BCUT2D eigenvalue weighted by Crippen LogP contribution is 2.41. The summed E-state index contributed by atoms with van der Waals surface area (Å²) in [6.07, 6.45) is 4.58. The van der Waals surface area contributed by atoms with Crippen LogP contribution in [0.15, 0.2) is 91.0 Å². The molecule has 1 amide bonds. The van der Waals surface area contributed by atoms with Crippen molar-refractivity contribution in [3.8, 4) is 17.2 Å². The molecule has 2 aliphatic heterocycles. The van der Waals surface area contributed by atoms with Crippen LogP contribution in [-0.4, -0.2) is 105 Å². The van der Waals surface area contributed by atoms with Gasteiger partial charge in [-0.25, -0.2) is 9.37 Å². The molecule has 2 fully saturated rings. The van der Waals surface area contributed by atoms with E-state index in [2.05, 4.69) is 51.2 Å². The molecule has 5 aromatic rings. The largest absolute Gasteiger partial charge is 0.493 e. The Morgan fingerprint density at radius 2 is 1.54 bits per heavy atom. The van der Waals surface area contributed by atoms with E-state index in [1.165, 1.54) is 17.7 Å². The maximum absolute atomic E-state index is 13.9. The number of nitrogens with zero attached hydrogens (tertiary/aromatic N) is 4. The van der Waals surface area contributed by atoms with Gasteiger partial charge in [-0.1, -0.05) is 54.6 Å². The van der Waals surface area contributed by atoms with E-state index in [9.17, 15) is 17.6 Å². The summed E-state index contributed by atoms with van der Waals surface area (Å²) in [6.45, 7) is 4.85. The summed E-state index contributed by atoms with van der Waals surface area (Å²) in [4.78, 5) is 23.4. The molecule has 1 unspecified atom stereocenters. The van der Waals surface area contributed by atoms with Crippen molar-refractivity contribution in [2.24, 2.45) is 0 Å². The van der Waals surface area contributed by atoms with E-state index in [0.29, 0.717) is 54.7 Å². The van der Waals surface area contributed by atoms with Crippen LogP contribution in [0.5, 0.6) is 17.2 Å². The smallest absolute Gasteiger partial charge is 0.261 e. The van der Waals surface area contributed by atoms with E-state index >= 15 is 0 Å². The van der Waals surface area contributed by atoms with Crippen LogP contribution in [0.4, 0.5) is 10.3 Å². The first-order chi connectivity index (χ1) is 26.9. The summed E-state index contributed by atoms with van der Waals surface area (Å²) in [6, 6.07) is 29.3. The van der Waals surface area contributed by atoms with Gasteiger partial charge in [0.1, 0.15) is 5.82 Å². The molecule has 2 aliphatic rings. The molecule has 4 aromatic carbocycles. The summed E-state index contributed by atoms with van der Waals surface area (Å²) in [5.74, 6) is 1.99. The Kier molecular flexibility index (Phi) is 12.8. The fourth-order valence-corrected chi connectivity index (χ4v) is 7.78. The van der Waals surface area contributed by atoms with Crippen LogP contribution in [0, 0.1) is 5.82 Å². The number of hydrogen-bond donors (Lipinski definition) is 2. The molecule has 0 bridgehead atoms. The van der Waals surface area contributed by atoms with Gasteiger partial charge >= 0.3 is 0 Å². The average molecular weight is 788 g/mol. The van der Waals surface area contributed by atoms with E-state index in [0.717, 1.165) is 67.9 Å². The number of ether oxygens (including phenoxy) is 3. The Hall–Kier alpha value is -5.18. The van der Waals surface area contributed by atoms with Crippen LogP contribution < -0.4 is 19.5 Å². The van der Waals surface area contributed by atoms with Crippen molar-refractivity contribution in [3.05, 3.63) is 114 Å². The molecule has 1 aromatic heterocycles. The van der Waals surface area contributed by atoms with Crippen molar-refractivity contribution in [1.29, 1.82) is 0 Å². The summed E-state index contributed by atoms with van der Waals surface area (Å²) >= 11 is 0. The fraction of sp³-hybridized carbons (Fsp3) is 0.381. The third-order valence-corrected chi connectivity index (χ3v) is 10.7. The molecular weight excluding hydrogens is 738 g/mol. The third kappa shape index (κ3) is 9.78. The first kappa shape index (κ1) is 40.5. The molecule has 7 rings (SSSR count). The number of anilines is 1. The van der Waals surface area contributed by atoms with Gasteiger partial charge in [-0.2, -0.15) is 8.42 Å². The number of rotatable bonds is 12. The number of imidazole rings is 1. The molecule has 12 nitrogen and oxygen atoms in total. The monoisotopic (exact) mass is 787 g/mol. The molecule has 56 heavy (non-hydrogen) atoms. The molecule has 2 N–H and O–H groups in total. The number of likely N-dealkylation sites (tertiary alicyclic amines) is 2. The summed E-state index contributed by atoms with van der Waals surface area (Å²) in [5, 5.41) is 3.76. The zero-order chi connectivity index (χ0) is 39.9. The van der Waals surface area contributed by atoms with Crippen LogP contribution in [0.2, 0.25) is 0 Å².